The monoisotopic (exact) mass is 337 g/mol. The van der Waals surface area contributed by atoms with E-state index in [1.54, 1.807) is 0 Å². The minimum absolute atomic E-state index is 0.254. The Morgan fingerprint density at radius 3 is 2.30 bits per heavy atom. The molecule has 1 fully saturated rings. The number of benzene rings is 1. The van der Waals surface area contributed by atoms with Gasteiger partial charge in [-0.05, 0) is 38.2 Å². The third kappa shape index (κ3) is 3.25. The van der Waals surface area contributed by atoms with E-state index in [4.69, 9.17) is 0 Å². The van der Waals surface area contributed by atoms with Crippen molar-refractivity contribution >= 4 is 21.8 Å². The van der Waals surface area contributed by atoms with Crippen molar-refractivity contribution in [1.82, 2.24) is 4.90 Å². The van der Waals surface area contributed by atoms with E-state index in [0.29, 0.717) is 10.7 Å². The third-order valence-corrected chi connectivity index (χ3v) is 5.25. The van der Waals surface area contributed by atoms with Crippen LogP contribution in [0, 0.1) is 5.92 Å². The number of nitrogens with zero attached hydrogens (tertiary/aromatic N) is 1. The van der Waals surface area contributed by atoms with Gasteiger partial charge in [0.1, 0.15) is 0 Å². The molecule has 0 saturated carbocycles. The van der Waals surface area contributed by atoms with Crippen LogP contribution in [0.4, 0.5) is 0 Å². The standard InChI is InChI=1S/C17H24BrNO/c1-13(18)14-9-11-19(12-10-14)16(20)17(2,3)15-7-5-4-6-8-15/h4-8,13-14H,9-12H2,1-3H3. The first-order chi connectivity index (χ1) is 9.43. The topological polar surface area (TPSA) is 20.3 Å². The van der Waals surface area contributed by atoms with E-state index in [2.05, 4.69) is 22.9 Å². The van der Waals surface area contributed by atoms with Gasteiger partial charge < -0.3 is 4.90 Å². The minimum Gasteiger partial charge on any atom is -0.342 e. The minimum atomic E-state index is -0.436. The van der Waals surface area contributed by atoms with E-state index in [9.17, 15) is 4.79 Å². The lowest BCUT2D eigenvalue weighted by molar-refractivity contribution is -0.137. The van der Waals surface area contributed by atoms with Crippen molar-refractivity contribution in [2.24, 2.45) is 5.92 Å². The first-order valence-electron chi connectivity index (χ1n) is 7.42. The van der Waals surface area contributed by atoms with Gasteiger partial charge in [-0.25, -0.2) is 0 Å². The van der Waals surface area contributed by atoms with Crippen molar-refractivity contribution in [1.29, 1.82) is 0 Å². The predicted octanol–water partition coefficient (Wildman–Crippen LogP) is 3.99. The van der Waals surface area contributed by atoms with Gasteiger partial charge >= 0.3 is 0 Å². The van der Waals surface area contributed by atoms with Crippen LogP contribution in [0.5, 0.6) is 0 Å². The van der Waals surface area contributed by atoms with Gasteiger partial charge in [-0.15, -0.1) is 0 Å². The van der Waals surface area contributed by atoms with Gasteiger partial charge in [0.2, 0.25) is 5.91 Å². The summed E-state index contributed by atoms with van der Waals surface area (Å²) in [5.74, 6) is 0.947. The molecule has 0 spiro atoms. The Morgan fingerprint density at radius 2 is 1.80 bits per heavy atom. The molecule has 110 valence electrons. The second-order valence-corrected chi connectivity index (χ2v) is 7.74. The van der Waals surface area contributed by atoms with Crippen molar-refractivity contribution < 1.29 is 4.79 Å². The summed E-state index contributed by atoms with van der Waals surface area (Å²) in [7, 11) is 0. The highest BCUT2D eigenvalue weighted by Crippen LogP contribution is 2.30. The van der Waals surface area contributed by atoms with Crippen molar-refractivity contribution in [2.75, 3.05) is 13.1 Å². The maximum Gasteiger partial charge on any atom is 0.232 e. The number of piperidine rings is 1. The van der Waals surface area contributed by atoms with Gasteiger partial charge in [0.05, 0.1) is 5.41 Å². The summed E-state index contributed by atoms with van der Waals surface area (Å²) < 4.78 is 0. The van der Waals surface area contributed by atoms with Crippen molar-refractivity contribution in [3.05, 3.63) is 35.9 Å². The molecule has 1 aromatic rings. The maximum atomic E-state index is 12.8. The Kier molecular flexibility index (Phi) is 4.90. The number of halogens is 1. The molecule has 20 heavy (non-hydrogen) atoms. The molecule has 0 bridgehead atoms. The van der Waals surface area contributed by atoms with Crippen LogP contribution in [0.1, 0.15) is 39.2 Å². The molecule has 2 nitrogen and oxygen atoms in total. The third-order valence-electron chi connectivity index (χ3n) is 4.51. The Balaban J connectivity index is 2.05. The van der Waals surface area contributed by atoms with E-state index in [0.717, 1.165) is 31.5 Å². The molecule has 0 N–H and O–H groups in total. The van der Waals surface area contributed by atoms with E-state index in [-0.39, 0.29) is 5.91 Å². The molecule has 2 rings (SSSR count). The number of likely N-dealkylation sites (tertiary alicyclic amines) is 1. The molecule has 1 unspecified atom stereocenters. The Labute approximate surface area is 130 Å². The highest BCUT2D eigenvalue weighted by atomic mass is 79.9. The predicted molar refractivity (Wildman–Crippen MR) is 87.2 cm³/mol. The Morgan fingerprint density at radius 1 is 1.25 bits per heavy atom. The summed E-state index contributed by atoms with van der Waals surface area (Å²) in [6, 6.07) is 10.1. The molecule has 0 radical (unpaired) electrons. The summed E-state index contributed by atoms with van der Waals surface area (Å²) in [5.41, 5.74) is 0.662. The first kappa shape index (κ1) is 15.6. The highest BCUT2D eigenvalue weighted by molar-refractivity contribution is 9.09. The lowest BCUT2D eigenvalue weighted by atomic mass is 9.82. The molecule has 1 saturated heterocycles. The zero-order valence-electron chi connectivity index (χ0n) is 12.6. The van der Waals surface area contributed by atoms with Crippen LogP contribution in [-0.2, 0) is 10.2 Å². The maximum absolute atomic E-state index is 12.8. The summed E-state index contributed by atoms with van der Waals surface area (Å²) in [5, 5.41) is 0. The van der Waals surface area contributed by atoms with Gasteiger partial charge in [-0.2, -0.15) is 0 Å². The van der Waals surface area contributed by atoms with E-state index >= 15 is 0 Å². The van der Waals surface area contributed by atoms with Crippen LogP contribution >= 0.6 is 15.9 Å². The zero-order valence-corrected chi connectivity index (χ0v) is 14.2. The van der Waals surface area contributed by atoms with Crippen LogP contribution in [0.3, 0.4) is 0 Å². The van der Waals surface area contributed by atoms with Crippen molar-refractivity contribution in [2.45, 2.75) is 43.9 Å². The van der Waals surface area contributed by atoms with Crippen molar-refractivity contribution in [3.63, 3.8) is 0 Å². The summed E-state index contributed by atoms with van der Waals surface area (Å²) in [6.45, 7) is 8.04. The van der Waals surface area contributed by atoms with E-state index in [1.807, 2.05) is 49.1 Å². The van der Waals surface area contributed by atoms with Crippen LogP contribution in [-0.4, -0.2) is 28.7 Å². The van der Waals surface area contributed by atoms with E-state index in [1.165, 1.54) is 0 Å². The molecule has 0 aromatic heterocycles. The van der Waals surface area contributed by atoms with Crippen LogP contribution in [0.25, 0.3) is 0 Å². The average molecular weight is 338 g/mol. The molecule has 1 atom stereocenters. The molecule has 0 aliphatic carbocycles. The SMILES string of the molecule is CC(Br)C1CCN(C(=O)C(C)(C)c2ccccc2)CC1. The smallest absolute Gasteiger partial charge is 0.232 e. The quantitative estimate of drug-likeness (QED) is 0.763. The molecule has 1 aliphatic rings. The fraction of sp³-hybridized carbons (Fsp3) is 0.588. The molecule has 1 aliphatic heterocycles. The molecule has 3 heteroatoms. The highest BCUT2D eigenvalue weighted by Gasteiger charge is 2.35. The van der Waals surface area contributed by atoms with Crippen molar-refractivity contribution in [3.8, 4) is 0 Å². The Hall–Kier alpha value is -0.830. The van der Waals surface area contributed by atoms with Gasteiger partial charge in [0.25, 0.3) is 0 Å². The first-order valence-corrected chi connectivity index (χ1v) is 8.33. The lowest BCUT2D eigenvalue weighted by Gasteiger charge is -2.38. The second-order valence-electron chi connectivity index (χ2n) is 6.30. The second kappa shape index (κ2) is 6.30. The summed E-state index contributed by atoms with van der Waals surface area (Å²) in [4.78, 5) is 15.4. The van der Waals surface area contributed by atoms with Gasteiger partial charge in [-0.1, -0.05) is 53.2 Å². The summed E-state index contributed by atoms with van der Waals surface area (Å²) >= 11 is 3.67. The van der Waals surface area contributed by atoms with Gasteiger partial charge in [0.15, 0.2) is 0 Å². The number of rotatable bonds is 3. The normalized spacial score (nSPS) is 18.9. The Bertz CT molecular complexity index is 447. The number of hydrogen-bond acceptors (Lipinski definition) is 1. The molecule has 1 heterocycles. The fourth-order valence-corrected chi connectivity index (χ4v) is 3.46. The lowest BCUT2D eigenvalue weighted by Crippen LogP contribution is -2.47. The van der Waals surface area contributed by atoms with Crippen LogP contribution in [0.2, 0.25) is 0 Å². The number of carbonyl (C=O) groups excluding carboxylic acids is 1. The van der Waals surface area contributed by atoms with Gasteiger partial charge in [0, 0.05) is 17.9 Å². The average Bonchev–Trinajstić information content (AvgIpc) is 2.47. The number of hydrogen-bond donors (Lipinski definition) is 0. The van der Waals surface area contributed by atoms with Crippen LogP contribution in [0.15, 0.2) is 30.3 Å². The molecule has 1 amide bonds. The molecular formula is C17H24BrNO. The number of alkyl halides is 1. The molecule has 1 aromatic carbocycles. The van der Waals surface area contributed by atoms with Gasteiger partial charge in [-0.3, -0.25) is 4.79 Å². The number of carbonyl (C=O) groups is 1. The van der Waals surface area contributed by atoms with E-state index < -0.39 is 5.41 Å². The molecular weight excluding hydrogens is 314 g/mol. The fourth-order valence-electron chi connectivity index (χ4n) is 2.94. The zero-order chi connectivity index (χ0) is 14.8. The van der Waals surface area contributed by atoms with Crippen LogP contribution < -0.4 is 0 Å². The largest absolute Gasteiger partial charge is 0.342 e. The summed E-state index contributed by atoms with van der Waals surface area (Å²) in [6.07, 6.45) is 2.20. The number of amides is 1.